The highest BCUT2D eigenvalue weighted by Crippen LogP contribution is 2.36. The summed E-state index contributed by atoms with van der Waals surface area (Å²) in [5.74, 6) is -2.64. The first-order chi connectivity index (χ1) is 13.6. The molecule has 0 spiro atoms. The first-order valence-electron chi connectivity index (χ1n) is 8.57. The Morgan fingerprint density at radius 3 is 2.62 bits per heavy atom. The normalized spacial score (nSPS) is 18.7. The van der Waals surface area contributed by atoms with Crippen molar-refractivity contribution in [1.82, 2.24) is 4.98 Å². The molecule has 1 aliphatic rings. The summed E-state index contributed by atoms with van der Waals surface area (Å²) in [4.78, 5) is 21.4. The van der Waals surface area contributed by atoms with E-state index in [9.17, 15) is 5.26 Å². The van der Waals surface area contributed by atoms with E-state index in [0.29, 0.717) is 17.2 Å². The molecule has 2 atom stereocenters. The summed E-state index contributed by atoms with van der Waals surface area (Å²) in [6.45, 7) is 2.06. The van der Waals surface area contributed by atoms with E-state index >= 15 is 0 Å². The zero-order valence-corrected chi connectivity index (χ0v) is 16.7. The van der Waals surface area contributed by atoms with Crippen LogP contribution in [0, 0.1) is 11.3 Å². The summed E-state index contributed by atoms with van der Waals surface area (Å²) < 4.78 is 11.4. The van der Waals surface area contributed by atoms with Gasteiger partial charge in [0.15, 0.2) is 0 Å². The first kappa shape index (κ1) is 23.9. The Hall–Kier alpha value is -3.09. The number of nitrogens with two attached hydrogens (primary N) is 1. The van der Waals surface area contributed by atoms with Gasteiger partial charge in [-0.1, -0.05) is 24.9 Å². The number of hydrogen-bond donors (Lipinski definition) is 3. The summed E-state index contributed by atoms with van der Waals surface area (Å²) in [5.41, 5.74) is 7.23. The van der Waals surface area contributed by atoms with E-state index in [-0.39, 0.29) is 12.5 Å². The summed E-state index contributed by atoms with van der Waals surface area (Å²) in [6, 6.07) is 5.87. The van der Waals surface area contributed by atoms with Crippen molar-refractivity contribution in [2.24, 2.45) is 5.73 Å². The lowest BCUT2D eigenvalue weighted by atomic mass is 10.0. The Labute approximate surface area is 173 Å². The van der Waals surface area contributed by atoms with Crippen molar-refractivity contribution in [3.63, 3.8) is 0 Å². The zero-order chi connectivity index (χ0) is 22.0. The third-order valence-corrected chi connectivity index (χ3v) is 4.00. The summed E-state index contributed by atoms with van der Waals surface area (Å²) in [6.07, 6.45) is 6.53. The number of nitriles is 1. The van der Waals surface area contributed by atoms with E-state index in [1.165, 1.54) is 0 Å². The van der Waals surface area contributed by atoms with E-state index in [4.69, 9.17) is 46.6 Å². The zero-order valence-electron chi connectivity index (χ0n) is 16.0. The van der Waals surface area contributed by atoms with Gasteiger partial charge in [0.25, 0.3) is 0 Å². The van der Waals surface area contributed by atoms with Crippen LogP contribution in [0.15, 0.2) is 41.8 Å². The molecule has 1 aromatic rings. The van der Waals surface area contributed by atoms with Crippen LogP contribution in [0.2, 0.25) is 0 Å². The molecule has 156 valence electrons. The lowest BCUT2D eigenvalue weighted by Gasteiger charge is -2.28. The quantitative estimate of drug-likeness (QED) is 0.355. The average Bonchev–Trinajstić information content (AvgIpc) is 2.67. The molecule has 1 aromatic heterocycles. The highest BCUT2D eigenvalue weighted by Gasteiger charge is 2.29. The van der Waals surface area contributed by atoms with Crippen LogP contribution in [0.4, 0.5) is 0 Å². The van der Waals surface area contributed by atoms with Crippen molar-refractivity contribution in [3.8, 4) is 11.9 Å². The number of aromatic nitrogens is 1. The van der Waals surface area contributed by atoms with Gasteiger partial charge in [0, 0.05) is 12.6 Å². The van der Waals surface area contributed by atoms with Crippen molar-refractivity contribution >= 4 is 23.5 Å². The number of carboxylic acids is 2. The number of allylic oxidation sites excluding steroid dienone is 2. The fraction of sp³-hybridized carbons (Fsp3) is 0.368. The summed E-state index contributed by atoms with van der Waals surface area (Å²) in [5, 5.41) is 24.1. The second-order valence-electron chi connectivity index (χ2n) is 5.99. The molecule has 1 heterocycles. The number of nitrogens with zero attached hydrogens (tertiary/aromatic N) is 2. The third-order valence-electron chi connectivity index (χ3n) is 3.74. The number of pyridine rings is 1. The molecule has 0 radical (unpaired) electrons. The maximum atomic E-state index is 9.29. The topological polar surface area (TPSA) is 156 Å². The van der Waals surface area contributed by atoms with Gasteiger partial charge in [0.1, 0.15) is 22.9 Å². The van der Waals surface area contributed by atoms with Crippen LogP contribution in [-0.4, -0.2) is 39.2 Å². The Morgan fingerprint density at radius 1 is 1.45 bits per heavy atom. The molecule has 0 saturated carbocycles. The van der Waals surface area contributed by atoms with E-state index in [0.717, 1.165) is 18.4 Å². The minimum absolute atomic E-state index is 0.261. The summed E-state index contributed by atoms with van der Waals surface area (Å²) in [7, 11) is 1.57. The van der Waals surface area contributed by atoms with Gasteiger partial charge in [-0.15, -0.1) is 0 Å². The van der Waals surface area contributed by atoms with Crippen molar-refractivity contribution in [1.29, 1.82) is 5.26 Å². The van der Waals surface area contributed by atoms with Crippen LogP contribution in [0.1, 0.15) is 37.9 Å². The molecule has 0 aromatic carbocycles. The maximum Gasteiger partial charge on any atom is 0.414 e. The first-order valence-corrected chi connectivity index (χ1v) is 8.95. The minimum atomic E-state index is -1.82. The fourth-order valence-electron chi connectivity index (χ4n) is 2.45. The van der Waals surface area contributed by atoms with Gasteiger partial charge in [0.05, 0.1) is 18.2 Å². The molecule has 0 aliphatic heterocycles. The number of aliphatic carboxylic acids is 2. The molecule has 2 rings (SSSR count). The molecular weight excluding hydrogens is 402 g/mol. The van der Waals surface area contributed by atoms with Crippen molar-refractivity contribution < 1.29 is 29.3 Å². The molecule has 0 bridgehead atoms. The van der Waals surface area contributed by atoms with E-state index in [1.54, 1.807) is 25.5 Å². The molecule has 0 fully saturated rings. The van der Waals surface area contributed by atoms with E-state index in [2.05, 4.69) is 18.0 Å². The lowest BCUT2D eigenvalue weighted by Crippen LogP contribution is -2.33. The Bertz CT molecular complexity index is 833. The molecule has 0 saturated heterocycles. The number of rotatable bonds is 6. The lowest BCUT2D eigenvalue weighted by molar-refractivity contribution is -0.159. The van der Waals surface area contributed by atoms with Crippen LogP contribution < -0.4 is 10.5 Å². The van der Waals surface area contributed by atoms with Crippen LogP contribution >= 0.6 is 11.6 Å². The van der Waals surface area contributed by atoms with Gasteiger partial charge in [-0.3, -0.25) is 0 Å². The van der Waals surface area contributed by atoms with Gasteiger partial charge >= 0.3 is 11.9 Å². The molecule has 2 unspecified atom stereocenters. The number of ether oxygens (including phenoxy) is 2. The molecule has 9 nitrogen and oxygen atoms in total. The molecule has 4 N–H and O–H groups in total. The number of halogens is 1. The third kappa shape index (κ3) is 7.44. The largest absolute Gasteiger partial charge is 0.488 e. The van der Waals surface area contributed by atoms with E-state index < -0.39 is 16.9 Å². The van der Waals surface area contributed by atoms with Crippen LogP contribution in [0.3, 0.4) is 0 Å². The number of methoxy groups -OCH3 is 1. The minimum Gasteiger partial charge on any atom is -0.488 e. The number of carbonyl (C=O) groups is 2. The standard InChI is InChI=1S/C17H20ClN3O2.C2H2O4/c1-3-5-14(13-6-4-9-21-16(13)22-2)23-15-10-17(18,20)8-7-12(15)11-19;3-1(4)2(5)6/h4,6-9,14H,3,5,10,20H2,1-2H3;(H,3,4)(H,5,6). The second-order valence-corrected chi connectivity index (χ2v) is 6.70. The van der Waals surface area contributed by atoms with Crippen LogP contribution in [-0.2, 0) is 14.3 Å². The van der Waals surface area contributed by atoms with Crippen LogP contribution in [0.5, 0.6) is 5.88 Å². The number of carboxylic acid groups (broad SMARTS) is 2. The summed E-state index contributed by atoms with van der Waals surface area (Å²) >= 11 is 6.18. The van der Waals surface area contributed by atoms with E-state index in [1.807, 2.05) is 12.1 Å². The highest BCUT2D eigenvalue weighted by atomic mass is 35.5. The molecule has 1 aliphatic carbocycles. The number of alkyl halides is 1. The Morgan fingerprint density at radius 2 is 2.10 bits per heavy atom. The monoisotopic (exact) mass is 423 g/mol. The predicted octanol–water partition coefficient (Wildman–Crippen LogP) is 2.73. The smallest absolute Gasteiger partial charge is 0.414 e. The SMILES string of the molecule is CCCC(OC1=C(C#N)C=CC(N)(Cl)C1)c1cccnc1OC.O=C(O)C(=O)O. The molecule has 29 heavy (non-hydrogen) atoms. The highest BCUT2D eigenvalue weighted by molar-refractivity contribution is 6.27. The molecule has 10 heteroatoms. The second kappa shape index (κ2) is 11.0. The molecular formula is C19H22ClN3O6. The average molecular weight is 424 g/mol. The Kier molecular flexibility index (Phi) is 9.12. The number of hydrogen-bond acceptors (Lipinski definition) is 7. The van der Waals surface area contributed by atoms with Crippen molar-refractivity contribution in [3.05, 3.63) is 47.4 Å². The Balaban J connectivity index is 0.000000612. The van der Waals surface area contributed by atoms with Gasteiger partial charge < -0.3 is 25.4 Å². The van der Waals surface area contributed by atoms with Gasteiger partial charge in [-0.25, -0.2) is 14.6 Å². The maximum absolute atomic E-state index is 9.29. The van der Waals surface area contributed by atoms with Crippen LogP contribution in [0.25, 0.3) is 0 Å². The molecule has 0 amide bonds. The predicted molar refractivity (Wildman–Crippen MR) is 104 cm³/mol. The van der Waals surface area contributed by atoms with Gasteiger partial charge in [-0.05, 0) is 30.7 Å². The fourth-order valence-corrected chi connectivity index (χ4v) is 2.63. The van der Waals surface area contributed by atoms with Crippen molar-refractivity contribution in [2.75, 3.05) is 7.11 Å². The van der Waals surface area contributed by atoms with Gasteiger partial charge in [-0.2, -0.15) is 5.26 Å². The van der Waals surface area contributed by atoms with Crippen molar-refractivity contribution in [2.45, 2.75) is 37.3 Å². The van der Waals surface area contributed by atoms with Gasteiger partial charge in [0.2, 0.25) is 5.88 Å².